The summed E-state index contributed by atoms with van der Waals surface area (Å²) in [6.07, 6.45) is -18.7. The summed E-state index contributed by atoms with van der Waals surface area (Å²) >= 11 is 0. The highest BCUT2D eigenvalue weighted by Gasteiger charge is 2.55. The highest BCUT2D eigenvalue weighted by molar-refractivity contribution is 7.83. The zero-order chi connectivity index (χ0) is 29.2. The van der Waals surface area contributed by atoms with Crippen molar-refractivity contribution in [2.24, 2.45) is 0 Å². The highest BCUT2D eigenvalue weighted by Crippen LogP contribution is 2.32. The molecule has 2 saturated heterocycles. The Labute approximate surface area is 215 Å². The van der Waals surface area contributed by atoms with Crippen LogP contribution in [0.15, 0.2) is 0 Å². The number of carboxylic acid groups (broad SMARTS) is 1. The van der Waals surface area contributed by atoms with E-state index in [0.29, 0.717) is 0 Å². The van der Waals surface area contributed by atoms with E-state index in [9.17, 15) is 45.4 Å². The van der Waals surface area contributed by atoms with E-state index >= 15 is 0 Å². The molecule has 0 aliphatic carbocycles. The molecule has 0 spiro atoms. The van der Waals surface area contributed by atoms with Crippen LogP contribution in [0, 0.1) is 0 Å². The van der Waals surface area contributed by atoms with Gasteiger partial charge in [0.05, 0.1) is 6.61 Å². The first kappa shape index (κ1) is 33.0. The van der Waals surface area contributed by atoms with Crippen molar-refractivity contribution < 1.29 is 91.1 Å². The molecule has 4 unspecified atom stereocenters. The summed E-state index contributed by atoms with van der Waals surface area (Å²) in [5.74, 6) is -1.77. The molecule has 2 aliphatic rings. The largest absolute Gasteiger partial charge is 0.479 e. The van der Waals surface area contributed by atoms with Crippen molar-refractivity contribution in [3.8, 4) is 0 Å². The molecule has 0 amide bonds. The molecule has 224 valence electrons. The SMILES string of the molecule is CO[C@H]1OC(COS(=O)(=O)O)[C@H](O[C@@H]2OC(C(=O)O)[C@@H](OC)[C@@H](O)C2OS(=O)(=O)O)[C@@H](O)C1NS(=O)(=O)O. The molecule has 0 radical (unpaired) electrons. The predicted octanol–water partition coefficient (Wildman–Crippen LogP) is -4.94. The van der Waals surface area contributed by atoms with Crippen molar-refractivity contribution in [1.29, 1.82) is 0 Å². The second-order valence-corrected chi connectivity index (χ2v) is 11.0. The Morgan fingerprint density at radius 1 is 0.842 bits per heavy atom. The van der Waals surface area contributed by atoms with Gasteiger partial charge in [0, 0.05) is 14.2 Å². The number of rotatable bonds is 12. The van der Waals surface area contributed by atoms with Gasteiger partial charge in [-0.25, -0.2) is 13.2 Å². The van der Waals surface area contributed by atoms with Crippen LogP contribution in [-0.2, 0) is 67.9 Å². The molecule has 0 aromatic heterocycles. The lowest BCUT2D eigenvalue weighted by atomic mass is 9.96. The summed E-state index contributed by atoms with van der Waals surface area (Å²) in [5, 5.41) is 30.8. The van der Waals surface area contributed by atoms with Gasteiger partial charge >= 0.3 is 37.1 Å². The first-order chi connectivity index (χ1) is 17.3. The van der Waals surface area contributed by atoms with Crippen molar-refractivity contribution in [3.05, 3.63) is 0 Å². The molecule has 0 aromatic rings. The monoisotopic (exact) mass is 623 g/mol. The minimum absolute atomic E-state index is 0.913. The Morgan fingerprint density at radius 3 is 1.89 bits per heavy atom. The Kier molecular flexibility index (Phi) is 10.9. The Hall–Kier alpha value is -1.20. The summed E-state index contributed by atoms with van der Waals surface area (Å²) < 4.78 is 130. The van der Waals surface area contributed by atoms with Gasteiger partial charge in [-0.3, -0.25) is 13.7 Å². The number of aliphatic carboxylic acids is 1. The van der Waals surface area contributed by atoms with E-state index in [2.05, 4.69) is 8.37 Å². The van der Waals surface area contributed by atoms with Gasteiger partial charge in [-0.2, -0.15) is 30.0 Å². The first-order valence-corrected chi connectivity index (χ1v) is 14.1. The van der Waals surface area contributed by atoms with Crippen LogP contribution in [0.2, 0.25) is 0 Å². The molecule has 0 bridgehead atoms. The Morgan fingerprint density at radius 2 is 1.45 bits per heavy atom. The average molecular weight is 624 g/mol. The highest BCUT2D eigenvalue weighted by atomic mass is 32.3. The summed E-state index contributed by atoms with van der Waals surface area (Å²) in [4.78, 5) is 11.6. The number of methoxy groups -OCH3 is 2. The lowest BCUT2D eigenvalue weighted by Crippen LogP contribution is -2.68. The number of aliphatic hydroxyl groups is 2. The van der Waals surface area contributed by atoms with E-state index in [4.69, 9.17) is 37.3 Å². The lowest BCUT2D eigenvalue weighted by molar-refractivity contribution is -0.339. The standard InChI is InChI=1S/C14H25NO20S3/c1-29-9-7(17)10(35-38(26,27)28)14(34-11(9)12(18)19)33-8-4(3-31-37(23,24)25)32-13(30-2)5(6(8)16)15-36(20,21)22/h4-11,13-17H,3H2,1-2H3,(H,18,19)(H,20,21,22)(H,23,24,25)(H,26,27,28)/t4?,5?,6-,7+,8-,9-,10?,11?,13-,14+/m0/s1. The van der Waals surface area contributed by atoms with E-state index in [1.807, 2.05) is 0 Å². The Bertz CT molecular complexity index is 1140. The van der Waals surface area contributed by atoms with E-state index in [1.54, 1.807) is 0 Å². The number of ether oxygens (including phenoxy) is 5. The number of hydrogen-bond donors (Lipinski definition) is 7. The molecule has 0 saturated carbocycles. The van der Waals surface area contributed by atoms with Gasteiger partial charge in [0.15, 0.2) is 24.8 Å². The topological polar surface area (TPSA) is 318 Å². The fourth-order valence-electron chi connectivity index (χ4n) is 3.67. The minimum atomic E-state index is -5.40. The maximum absolute atomic E-state index is 11.6. The fourth-order valence-corrected chi connectivity index (χ4v) is 5.06. The summed E-state index contributed by atoms with van der Waals surface area (Å²) in [6.45, 7) is -1.18. The van der Waals surface area contributed by atoms with Crippen LogP contribution < -0.4 is 4.72 Å². The first-order valence-electron chi connectivity index (χ1n) is 9.91. The van der Waals surface area contributed by atoms with Crippen molar-refractivity contribution in [2.75, 3.05) is 20.8 Å². The molecule has 38 heavy (non-hydrogen) atoms. The molecule has 2 aliphatic heterocycles. The van der Waals surface area contributed by atoms with Gasteiger partial charge in [0.1, 0.15) is 36.6 Å². The zero-order valence-electron chi connectivity index (χ0n) is 19.1. The molecule has 2 heterocycles. The van der Waals surface area contributed by atoms with Crippen molar-refractivity contribution in [2.45, 2.75) is 61.3 Å². The van der Waals surface area contributed by atoms with Gasteiger partial charge in [0.2, 0.25) is 0 Å². The maximum Gasteiger partial charge on any atom is 0.397 e. The fraction of sp³-hybridized carbons (Fsp3) is 0.929. The van der Waals surface area contributed by atoms with Crippen LogP contribution in [0.5, 0.6) is 0 Å². The zero-order valence-corrected chi connectivity index (χ0v) is 21.6. The van der Waals surface area contributed by atoms with Crippen molar-refractivity contribution in [3.63, 3.8) is 0 Å². The van der Waals surface area contributed by atoms with E-state index in [-0.39, 0.29) is 0 Å². The van der Waals surface area contributed by atoms with Crippen molar-refractivity contribution in [1.82, 2.24) is 4.72 Å². The number of hydrogen-bond acceptors (Lipinski definition) is 16. The number of aliphatic hydroxyl groups excluding tert-OH is 2. The van der Waals surface area contributed by atoms with Gasteiger partial charge in [0.25, 0.3) is 0 Å². The quantitative estimate of drug-likeness (QED) is 0.100. The third-order valence-corrected chi connectivity index (χ3v) is 6.60. The molecular weight excluding hydrogens is 598 g/mol. The number of carbonyl (C=O) groups is 1. The third kappa shape index (κ3) is 8.91. The molecule has 2 fully saturated rings. The van der Waals surface area contributed by atoms with Crippen LogP contribution in [0.3, 0.4) is 0 Å². The number of carboxylic acids is 1. The number of nitrogens with one attached hydrogen (secondary N) is 1. The maximum atomic E-state index is 11.6. The van der Waals surface area contributed by atoms with Crippen LogP contribution in [0.4, 0.5) is 0 Å². The van der Waals surface area contributed by atoms with Gasteiger partial charge in [-0.1, -0.05) is 0 Å². The predicted molar refractivity (Wildman–Crippen MR) is 112 cm³/mol. The molecule has 10 atom stereocenters. The molecular formula is C14H25NO20S3. The van der Waals surface area contributed by atoms with Gasteiger partial charge in [-0.15, -0.1) is 0 Å². The summed E-state index contributed by atoms with van der Waals surface area (Å²) in [6, 6.07) is -1.93. The lowest BCUT2D eigenvalue weighted by Gasteiger charge is -2.47. The average Bonchev–Trinajstić information content (AvgIpc) is 2.75. The van der Waals surface area contributed by atoms with E-state index in [1.165, 1.54) is 4.72 Å². The summed E-state index contributed by atoms with van der Waals surface area (Å²) in [5.41, 5.74) is 0. The van der Waals surface area contributed by atoms with Gasteiger partial charge in [-0.05, 0) is 0 Å². The minimum Gasteiger partial charge on any atom is -0.479 e. The van der Waals surface area contributed by atoms with E-state index in [0.717, 1.165) is 14.2 Å². The molecule has 24 heteroatoms. The molecule has 7 N–H and O–H groups in total. The van der Waals surface area contributed by atoms with Crippen LogP contribution >= 0.6 is 0 Å². The van der Waals surface area contributed by atoms with Gasteiger partial charge < -0.3 is 39.0 Å². The van der Waals surface area contributed by atoms with E-state index < -0.39 is 105 Å². The van der Waals surface area contributed by atoms with Crippen LogP contribution in [0.25, 0.3) is 0 Å². The smallest absolute Gasteiger partial charge is 0.397 e. The second-order valence-electron chi connectivity index (χ2n) is 7.64. The second kappa shape index (κ2) is 12.5. The normalized spacial score (nSPS) is 37.1. The molecule has 0 aromatic carbocycles. The van der Waals surface area contributed by atoms with Crippen molar-refractivity contribution >= 4 is 37.1 Å². The van der Waals surface area contributed by atoms with Crippen LogP contribution in [0.1, 0.15) is 0 Å². The molecule has 21 nitrogen and oxygen atoms in total. The van der Waals surface area contributed by atoms with Crippen LogP contribution in [-0.4, -0.2) is 142 Å². The summed E-state index contributed by atoms with van der Waals surface area (Å²) in [7, 11) is -13.8. The molecule has 2 rings (SSSR count). The third-order valence-electron chi connectivity index (χ3n) is 5.13. The Balaban J connectivity index is 2.52.